The first-order chi connectivity index (χ1) is 4.57. The van der Waals surface area contributed by atoms with Gasteiger partial charge in [0.05, 0.1) is 0 Å². The van der Waals surface area contributed by atoms with Crippen LogP contribution in [-0.2, 0) is 9.53 Å². The Kier molecular flexibility index (Phi) is 2.83. The van der Waals surface area contributed by atoms with Crippen molar-refractivity contribution in [2.75, 3.05) is 0 Å². The summed E-state index contributed by atoms with van der Waals surface area (Å²) >= 11 is 0. The summed E-state index contributed by atoms with van der Waals surface area (Å²) in [5.41, 5.74) is 0. The molecule has 0 radical (unpaired) electrons. The minimum Gasteiger partial charge on any atom is -0.399 e. The van der Waals surface area contributed by atoms with E-state index in [9.17, 15) is 14.9 Å². The van der Waals surface area contributed by atoms with Crippen LogP contribution in [0.5, 0.6) is 0 Å². The van der Waals surface area contributed by atoms with Gasteiger partial charge in [0.1, 0.15) is 4.92 Å². The minimum atomic E-state index is -0.852. The van der Waals surface area contributed by atoms with E-state index >= 15 is 0 Å². The molecule has 5 nitrogen and oxygen atoms in total. The Morgan fingerprint density at radius 1 is 1.60 bits per heavy atom. The van der Waals surface area contributed by atoms with Crippen molar-refractivity contribution in [1.82, 2.24) is 0 Å². The molecular formula is C5H5NO4. The lowest BCUT2D eigenvalue weighted by atomic mass is 10.6. The first-order valence-electron chi connectivity index (χ1n) is 2.23. The second kappa shape index (κ2) is 3.39. The van der Waals surface area contributed by atoms with Crippen LogP contribution in [0.2, 0.25) is 0 Å². The molecule has 0 aliphatic rings. The number of aldehydes is 1. The normalized spacial score (nSPS) is 8.00. The van der Waals surface area contributed by atoms with Crippen LogP contribution in [0.25, 0.3) is 0 Å². The molecule has 0 N–H and O–H groups in total. The molecule has 0 fully saturated rings. The summed E-state index contributed by atoms with van der Waals surface area (Å²) in [6.45, 7) is 5.94. The number of rotatable bonds is 4. The Hall–Kier alpha value is -1.65. The Bertz CT molecular complexity index is 196. The molecule has 0 spiro atoms. The van der Waals surface area contributed by atoms with E-state index in [-0.39, 0.29) is 12.0 Å². The van der Waals surface area contributed by atoms with Gasteiger partial charge in [0.2, 0.25) is 0 Å². The smallest absolute Gasteiger partial charge is 0.399 e. The molecule has 0 aromatic rings. The van der Waals surface area contributed by atoms with Gasteiger partial charge in [-0.3, -0.25) is 14.9 Å². The summed E-state index contributed by atoms with van der Waals surface area (Å²) < 4.78 is 4.20. The largest absolute Gasteiger partial charge is 0.426 e. The van der Waals surface area contributed by atoms with Crippen molar-refractivity contribution in [1.29, 1.82) is 0 Å². The summed E-state index contributed by atoms with van der Waals surface area (Å²) in [5, 5.41) is 9.77. The Morgan fingerprint density at radius 2 is 2.10 bits per heavy atom. The number of ether oxygens (including phenoxy) is 1. The average molecular weight is 143 g/mol. The second-order valence-electron chi connectivity index (χ2n) is 1.34. The quantitative estimate of drug-likeness (QED) is 0.188. The van der Waals surface area contributed by atoms with E-state index in [0.717, 1.165) is 0 Å². The molecule has 0 aliphatic carbocycles. The molecule has 0 heterocycles. The van der Waals surface area contributed by atoms with Gasteiger partial charge in [-0.25, -0.2) is 0 Å². The van der Waals surface area contributed by atoms with Crippen molar-refractivity contribution in [3.8, 4) is 0 Å². The number of hydrogen-bond donors (Lipinski definition) is 0. The third-order valence-electron chi connectivity index (χ3n) is 0.584. The first kappa shape index (κ1) is 8.35. The van der Waals surface area contributed by atoms with Crippen LogP contribution >= 0.6 is 0 Å². The Morgan fingerprint density at radius 3 is 2.40 bits per heavy atom. The lowest BCUT2D eigenvalue weighted by Gasteiger charge is -1.95. The maximum absolute atomic E-state index is 9.77. The van der Waals surface area contributed by atoms with E-state index in [1.54, 1.807) is 0 Å². The number of nitrogens with zero attached hydrogens (tertiary/aromatic N) is 1. The number of carbonyl (C=O) groups excluding carboxylic acids is 1. The van der Waals surface area contributed by atoms with Gasteiger partial charge < -0.3 is 4.74 Å². The van der Waals surface area contributed by atoms with Crippen molar-refractivity contribution in [3.05, 3.63) is 34.9 Å². The molecular weight excluding hydrogens is 138 g/mol. The van der Waals surface area contributed by atoms with E-state index in [0.29, 0.717) is 0 Å². The predicted octanol–water partition coefficient (Wildman–Crippen LogP) is 0.463. The standard InChI is InChI=1S/C5H5NO4/c1-4(3-7)10-5(2)6(8)9/h3H,1-2H2. The van der Waals surface area contributed by atoms with Gasteiger partial charge in [-0.2, -0.15) is 0 Å². The summed E-state index contributed by atoms with van der Waals surface area (Å²) in [4.78, 5) is 18.7. The average Bonchev–Trinajstić information content (AvgIpc) is 1.87. The number of hydrogen-bond acceptors (Lipinski definition) is 4. The molecule has 0 amide bonds. The molecule has 0 bridgehead atoms. The molecule has 0 rings (SSSR count). The number of nitro groups is 1. The highest BCUT2D eigenvalue weighted by molar-refractivity contribution is 5.69. The fourth-order valence-corrected chi connectivity index (χ4v) is 0.213. The fourth-order valence-electron chi connectivity index (χ4n) is 0.213. The highest BCUT2D eigenvalue weighted by Gasteiger charge is 2.08. The Labute approximate surface area is 56.7 Å². The van der Waals surface area contributed by atoms with Gasteiger partial charge in [0.15, 0.2) is 12.0 Å². The zero-order valence-electron chi connectivity index (χ0n) is 5.07. The van der Waals surface area contributed by atoms with Gasteiger partial charge in [0.25, 0.3) is 0 Å². The van der Waals surface area contributed by atoms with Crippen molar-refractivity contribution < 1.29 is 14.5 Å². The summed E-state index contributed by atoms with van der Waals surface area (Å²) in [6, 6.07) is 0. The van der Waals surface area contributed by atoms with Gasteiger partial charge in [-0.05, 0) is 0 Å². The second-order valence-corrected chi connectivity index (χ2v) is 1.34. The van der Waals surface area contributed by atoms with Crippen LogP contribution in [0.15, 0.2) is 24.8 Å². The molecule has 0 unspecified atom stereocenters. The molecule has 54 valence electrons. The first-order valence-corrected chi connectivity index (χ1v) is 2.23. The lowest BCUT2D eigenvalue weighted by molar-refractivity contribution is -0.458. The summed E-state index contributed by atoms with van der Waals surface area (Å²) in [5.74, 6) is -1.04. The molecule has 0 aromatic carbocycles. The zero-order chi connectivity index (χ0) is 8.15. The maximum atomic E-state index is 9.77. The Balaban J connectivity index is 3.92. The van der Waals surface area contributed by atoms with Crippen LogP contribution < -0.4 is 0 Å². The molecule has 0 aromatic heterocycles. The van der Waals surface area contributed by atoms with E-state index < -0.39 is 10.8 Å². The van der Waals surface area contributed by atoms with Crippen molar-refractivity contribution in [2.45, 2.75) is 0 Å². The molecule has 0 aliphatic heterocycles. The van der Waals surface area contributed by atoms with Gasteiger partial charge in [-0.15, -0.1) is 0 Å². The predicted molar refractivity (Wildman–Crippen MR) is 32.4 cm³/mol. The molecule has 0 saturated carbocycles. The third-order valence-corrected chi connectivity index (χ3v) is 0.584. The molecule has 10 heavy (non-hydrogen) atoms. The maximum Gasteiger partial charge on any atom is 0.426 e. The van der Waals surface area contributed by atoms with E-state index in [1.807, 2.05) is 0 Å². The highest BCUT2D eigenvalue weighted by atomic mass is 16.7. The van der Waals surface area contributed by atoms with Crippen LogP contribution in [0.4, 0.5) is 0 Å². The molecule has 5 heteroatoms. The van der Waals surface area contributed by atoms with E-state index in [4.69, 9.17) is 0 Å². The minimum absolute atomic E-state index is 0.259. The number of allylic oxidation sites excluding steroid dienone is 1. The highest BCUT2D eigenvalue weighted by Crippen LogP contribution is 1.99. The van der Waals surface area contributed by atoms with Crippen molar-refractivity contribution in [2.24, 2.45) is 0 Å². The van der Waals surface area contributed by atoms with Crippen LogP contribution in [-0.4, -0.2) is 11.2 Å². The topological polar surface area (TPSA) is 69.4 Å². The zero-order valence-corrected chi connectivity index (χ0v) is 5.07. The summed E-state index contributed by atoms with van der Waals surface area (Å²) in [6.07, 6.45) is 0.259. The molecule has 0 atom stereocenters. The van der Waals surface area contributed by atoms with Crippen LogP contribution in [0.1, 0.15) is 0 Å². The monoisotopic (exact) mass is 143 g/mol. The fraction of sp³-hybridized carbons (Fsp3) is 0. The van der Waals surface area contributed by atoms with Crippen LogP contribution in [0.3, 0.4) is 0 Å². The SMILES string of the molecule is C=C(C=O)OC(=C)[N+](=O)[O-]. The third kappa shape index (κ3) is 2.61. The van der Waals surface area contributed by atoms with Gasteiger partial charge >= 0.3 is 5.88 Å². The van der Waals surface area contributed by atoms with Crippen molar-refractivity contribution in [3.63, 3.8) is 0 Å². The summed E-state index contributed by atoms with van der Waals surface area (Å²) in [7, 11) is 0. The van der Waals surface area contributed by atoms with Crippen molar-refractivity contribution >= 4 is 6.29 Å². The van der Waals surface area contributed by atoms with Gasteiger partial charge in [0, 0.05) is 6.58 Å². The van der Waals surface area contributed by atoms with Crippen LogP contribution in [0, 0.1) is 10.1 Å². The lowest BCUT2D eigenvalue weighted by Crippen LogP contribution is -2.01. The molecule has 0 saturated heterocycles. The van der Waals surface area contributed by atoms with E-state index in [2.05, 4.69) is 17.9 Å². The van der Waals surface area contributed by atoms with E-state index in [1.165, 1.54) is 0 Å². The number of carbonyl (C=O) groups is 1. The van der Waals surface area contributed by atoms with Gasteiger partial charge in [-0.1, -0.05) is 6.58 Å².